The van der Waals surface area contributed by atoms with Crippen LogP contribution in [0.3, 0.4) is 0 Å². The Bertz CT molecular complexity index is 149. The van der Waals surface area contributed by atoms with Crippen LogP contribution in [0.15, 0.2) is 0 Å². The zero-order valence-corrected chi connectivity index (χ0v) is 5.35. The van der Waals surface area contributed by atoms with Gasteiger partial charge in [-0.2, -0.15) is 5.26 Å². The number of hydrogen-bond acceptors (Lipinski definition) is 2. The molecule has 1 N–H and O–H groups in total. The molecule has 0 bridgehead atoms. The Hall–Kier alpha value is -0.840. The molecule has 0 heterocycles. The molecular weight excluding hydrogens is 112 g/mol. The zero-order chi connectivity index (χ0) is 6.69. The Labute approximate surface area is 55.0 Å². The molecule has 0 spiro atoms. The summed E-state index contributed by atoms with van der Waals surface area (Å²) in [7, 11) is 0. The maximum atomic E-state index is 8.32. The van der Waals surface area contributed by atoms with Crippen molar-refractivity contribution in [1.29, 1.82) is 10.7 Å². The van der Waals surface area contributed by atoms with E-state index in [-0.39, 0.29) is 5.71 Å². The average molecular weight is 122 g/mol. The minimum absolute atomic E-state index is 0.285. The van der Waals surface area contributed by atoms with Crippen molar-refractivity contribution in [2.24, 2.45) is 5.92 Å². The molecule has 1 aliphatic carbocycles. The Morgan fingerprint density at radius 3 is 2.44 bits per heavy atom. The molecule has 1 rings (SSSR count). The fourth-order valence-electron chi connectivity index (χ4n) is 1.31. The van der Waals surface area contributed by atoms with Crippen molar-refractivity contribution < 1.29 is 0 Å². The predicted octanol–water partition coefficient (Wildman–Crippen LogP) is 1.72. The molecule has 2 nitrogen and oxygen atoms in total. The van der Waals surface area contributed by atoms with Gasteiger partial charge in [0.1, 0.15) is 11.8 Å². The van der Waals surface area contributed by atoms with Gasteiger partial charge in [0.05, 0.1) is 0 Å². The van der Waals surface area contributed by atoms with E-state index in [0.717, 1.165) is 12.8 Å². The van der Waals surface area contributed by atoms with Gasteiger partial charge in [0.25, 0.3) is 0 Å². The van der Waals surface area contributed by atoms with E-state index < -0.39 is 0 Å². The van der Waals surface area contributed by atoms with Crippen molar-refractivity contribution in [1.82, 2.24) is 0 Å². The van der Waals surface area contributed by atoms with Gasteiger partial charge in [0.2, 0.25) is 0 Å². The van der Waals surface area contributed by atoms with Crippen LogP contribution in [-0.2, 0) is 0 Å². The predicted molar refractivity (Wildman–Crippen MR) is 35.3 cm³/mol. The van der Waals surface area contributed by atoms with E-state index in [2.05, 4.69) is 0 Å². The van der Waals surface area contributed by atoms with E-state index in [4.69, 9.17) is 10.7 Å². The minimum Gasteiger partial charge on any atom is -0.294 e. The van der Waals surface area contributed by atoms with Crippen LogP contribution in [-0.4, -0.2) is 5.71 Å². The van der Waals surface area contributed by atoms with Crippen LogP contribution in [0.5, 0.6) is 0 Å². The number of nitriles is 1. The summed E-state index contributed by atoms with van der Waals surface area (Å²) in [6.07, 6.45) is 4.53. The fraction of sp³-hybridized carbons (Fsp3) is 0.714. The van der Waals surface area contributed by atoms with E-state index in [9.17, 15) is 0 Å². The number of nitrogens with zero attached hydrogens (tertiary/aromatic N) is 1. The highest BCUT2D eigenvalue weighted by atomic mass is 14.5. The van der Waals surface area contributed by atoms with Crippen LogP contribution in [0, 0.1) is 22.7 Å². The van der Waals surface area contributed by atoms with Crippen LogP contribution in [0.1, 0.15) is 25.7 Å². The van der Waals surface area contributed by atoms with E-state index >= 15 is 0 Å². The Morgan fingerprint density at radius 1 is 1.44 bits per heavy atom. The molecule has 2 heteroatoms. The molecular formula is C7H10N2. The molecule has 0 saturated heterocycles. The maximum Gasteiger partial charge on any atom is 0.114 e. The highest BCUT2D eigenvalue weighted by Crippen LogP contribution is 2.24. The van der Waals surface area contributed by atoms with Gasteiger partial charge in [-0.05, 0) is 12.8 Å². The second-order valence-electron chi connectivity index (χ2n) is 2.51. The molecule has 0 aromatic heterocycles. The lowest BCUT2D eigenvalue weighted by Gasteiger charge is -2.00. The van der Waals surface area contributed by atoms with Gasteiger partial charge < -0.3 is 0 Å². The topological polar surface area (TPSA) is 47.6 Å². The monoisotopic (exact) mass is 122 g/mol. The Kier molecular flexibility index (Phi) is 1.84. The smallest absolute Gasteiger partial charge is 0.114 e. The summed E-state index contributed by atoms with van der Waals surface area (Å²) in [5, 5.41) is 15.5. The second-order valence-corrected chi connectivity index (χ2v) is 2.51. The van der Waals surface area contributed by atoms with Gasteiger partial charge in [-0.15, -0.1) is 0 Å². The normalized spacial score (nSPS) is 19.4. The largest absolute Gasteiger partial charge is 0.294 e. The highest BCUT2D eigenvalue weighted by Gasteiger charge is 2.18. The van der Waals surface area contributed by atoms with E-state index in [1.807, 2.05) is 6.07 Å². The van der Waals surface area contributed by atoms with Crippen LogP contribution in [0.4, 0.5) is 0 Å². The second kappa shape index (κ2) is 2.63. The zero-order valence-electron chi connectivity index (χ0n) is 5.35. The SMILES string of the molecule is N#CC(=N)C1CCCC1. The summed E-state index contributed by atoms with van der Waals surface area (Å²) >= 11 is 0. The molecule has 9 heavy (non-hydrogen) atoms. The first kappa shape index (κ1) is 6.28. The van der Waals surface area contributed by atoms with E-state index in [1.54, 1.807) is 0 Å². The fourth-order valence-corrected chi connectivity index (χ4v) is 1.31. The van der Waals surface area contributed by atoms with Crippen LogP contribution in [0.2, 0.25) is 0 Å². The van der Waals surface area contributed by atoms with Gasteiger partial charge in [0, 0.05) is 5.92 Å². The molecule has 0 unspecified atom stereocenters. The molecule has 0 aliphatic heterocycles. The first-order valence-electron chi connectivity index (χ1n) is 3.33. The number of nitrogens with one attached hydrogen (secondary N) is 1. The maximum absolute atomic E-state index is 8.32. The third kappa shape index (κ3) is 1.29. The summed E-state index contributed by atoms with van der Waals surface area (Å²) in [6, 6.07) is 1.89. The quantitative estimate of drug-likeness (QED) is 0.529. The Balaban J connectivity index is 2.44. The lowest BCUT2D eigenvalue weighted by atomic mass is 10.0. The first-order valence-corrected chi connectivity index (χ1v) is 3.33. The molecule has 0 aromatic rings. The summed E-state index contributed by atoms with van der Waals surface area (Å²) < 4.78 is 0. The molecule has 0 amide bonds. The van der Waals surface area contributed by atoms with E-state index in [0.29, 0.717) is 5.92 Å². The van der Waals surface area contributed by atoms with Gasteiger partial charge in [-0.25, -0.2) is 0 Å². The van der Waals surface area contributed by atoms with Gasteiger partial charge in [0.15, 0.2) is 0 Å². The van der Waals surface area contributed by atoms with Crippen molar-refractivity contribution in [3.63, 3.8) is 0 Å². The molecule has 0 radical (unpaired) electrons. The van der Waals surface area contributed by atoms with Crippen LogP contribution in [0.25, 0.3) is 0 Å². The van der Waals surface area contributed by atoms with Crippen molar-refractivity contribution in [3.8, 4) is 6.07 Å². The lowest BCUT2D eigenvalue weighted by molar-refractivity contribution is 0.729. The van der Waals surface area contributed by atoms with Crippen molar-refractivity contribution >= 4 is 5.71 Å². The summed E-state index contributed by atoms with van der Waals surface area (Å²) in [6.45, 7) is 0. The van der Waals surface area contributed by atoms with Crippen LogP contribution < -0.4 is 0 Å². The number of rotatable bonds is 1. The highest BCUT2D eigenvalue weighted by molar-refractivity contribution is 5.97. The summed E-state index contributed by atoms with van der Waals surface area (Å²) in [4.78, 5) is 0. The molecule has 1 saturated carbocycles. The van der Waals surface area contributed by atoms with Crippen LogP contribution >= 0.6 is 0 Å². The molecule has 1 aliphatic rings. The lowest BCUT2D eigenvalue weighted by Crippen LogP contribution is -2.05. The molecule has 1 fully saturated rings. The van der Waals surface area contributed by atoms with Gasteiger partial charge >= 0.3 is 0 Å². The minimum atomic E-state index is 0.285. The summed E-state index contributed by atoms with van der Waals surface area (Å²) in [5.74, 6) is 0.301. The van der Waals surface area contributed by atoms with Crippen molar-refractivity contribution in [2.75, 3.05) is 0 Å². The Morgan fingerprint density at radius 2 is 2.00 bits per heavy atom. The van der Waals surface area contributed by atoms with Gasteiger partial charge in [-0.1, -0.05) is 12.8 Å². The molecule has 0 atom stereocenters. The third-order valence-electron chi connectivity index (χ3n) is 1.88. The first-order chi connectivity index (χ1) is 4.34. The molecule has 48 valence electrons. The average Bonchev–Trinajstić information content (AvgIpc) is 2.37. The van der Waals surface area contributed by atoms with Crippen molar-refractivity contribution in [2.45, 2.75) is 25.7 Å². The summed E-state index contributed by atoms with van der Waals surface area (Å²) in [5.41, 5.74) is 0.285. The van der Waals surface area contributed by atoms with E-state index in [1.165, 1.54) is 12.8 Å². The number of hydrogen-bond donors (Lipinski definition) is 1. The van der Waals surface area contributed by atoms with Gasteiger partial charge in [-0.3, -0.25) is 5.41 Å². The van der Waals surface area contributed by atoms with Crippen molar-refractivity contribution in [3.05, 3.63) is 0 Å². The molecule has 0 aromatic carbocycles. The third-order valence-corrected chi connectivity index (χ3v) is 1.88. The standard InChI is InChI=1S/C7H10N2/c8-5-7(9)6-3-1-2-4-6/h6,9H,1-4H2.